The molecule has 1 aromatic rings. The predicted molar refractivity (Wildman–Crippen MR) is 68.1 cm³/mol. The maximum atomic E-state index is 9.33. The van der Waals surface area contributed by atoms with Gasteiger partial charge in [-0.1, -0.05) is 27.7 Å². The van der Waals surface area contributed by atoms with Crippen LogP contribution in [0.2, 0.25) is 0 Å². The Morgan fingerprint density at radius 3 is 2.28 bits per heavy atom. The van der Waals surface area contributed by atoms with Gasteiger partial charge in [0.05, 0.1) is 6.61 Å². The molecule has 1 aromatic heterocycles. The average molecular weight is 253 g/mol. The summed E-state index contributed by atoms with van der Waals surface area (Å²) in [5.74, 6) is 1.99. The van der Waals surface area contributed by atoms with Crippen LogP contribution in [0.25, 0.3) is 0 Å². The summed E-state index contributed by atoms with van der Waals surface area (Å²) in [6.07, 6.45) is 0. The summed E-state index contributed by atoms with van der Waals surface area (Å²) in [6, 6.07) is 0. The molecule has 0 atom stereocenters. The zero-order valence-electron chi connectivity index (χ0n) is 11.9. The summed E-state index contributed by atoms with van der Waals surface area (Å²) in [5, 5.41) is 17.7. The third-order valence-electron chi connectivity index (χ3n) is 4.80. The zero-order valence-corrected chi connectivity index (χ0v) is 11.9. The Bertz CT molecular complexity index is 423. The molecule has 2 rings (SSSR count). The summed E-state index contributed by atoms with van der Waals surface area (Å²) in [5.41, 5.74) is 0.440. The Morgan fingerprint density at radius 1 is 1.22 bits per heavy atom. The Hall–Kier alpha value is -0.940. The lowest BCUT2D eigenvalue weighted by Crippen LogP contribution is -2.12. The van der Waals surface area contributed by atoms with Crippen molar-refractivity contribution in [3.05, 3.63) is 11.6 Å². The van der Waals surface area contributed by atoms with Gasteiger partial charge in [-0.15, -0.1) is 10.2 Å². The molecule has 5 heteroatoms. The van der Waals surface area contributed by atoms with Crippen molar-refractivity contribution in [1.82, 2.24) is 14.8 Å². The van der Waals surface area contributed by atoms with Crippen LogP contribution in [0.15, 0.2) is 0 Å². The molecule has 1 N–H and O–H groups in total. The molecular weight excluding hydrogens is 230 g/mol. The summed E-state index contributed by atoms with van der Waals surface area (Å²) in [4.78, 5) is 0. The number of hydrogen-bond acceptors (Lipinski definition) is 4. The summed E-state index contributed by atoms with van der Waals surface area (Å²) in [6.45, 7) is 10.2. The van der Waals surface area contributed by atoms with Gasteiger partial charge in [0.1, 0.15) is 12.4 Å². The van der Waals surface area contributed by atoms with Gasteiger partial charge in [-0.05, 0) is 10.8 Å². The molecule has 0 unspecified atom stereocenters. The number of nitrogens with zero attached hydrogens (tertiary/aromatic N) is 3. The van der Waals surface area contributed by atoms with Gasteiger partial charge in [-0.2, -0.15) is 0 Å². The van der Waals surface area contributed by atoms with E-state index >= 15 is 0 Å². The van der Waals surface area contributed by atoms with Gasteiger partial charge >= 0.3 is 0 Å². The van der Waals surface area contributed by atoms with Gasteiger partial charge in [0, 0.05) is 19.6 Å². The van der Waals surface area contributed by atoms with Gasteiger partial charge in [-0.3, -0.25) is 0 Å². The van der Waals surface area contributed by atoms with Crippen LogP contribution < -0.4 is 0 Å². The minimum absolute atomic E-state index is 0.0791. The SMILES string of the molecule is COCCn1c(CO)nnc1C1C(C)(C)C1(C)C. The number of methoxy groups -OCH3 is 1. The Kier molecular flexibility index (Phi) is 3.23. The molecule has 102 valence electrons. The standard InChI is InChI=1S/C13H23N3O2/c1-12(2)10(13(12,3)4)11-15-14-9(8-17)16(11)6-7-18-5/h10,17H,6-8H2,1-5H3. The van der Waals surface area contributed by atoms with Gasteiger partial charge in [0.25, 0.3) is 0 Å². The first-order valence-electron chi connectivity index (χ1n) is 6.39. The van der Waals surface area contributed by atoms with Crippen LogP contribution in [0.1, 0.15) is 45.3 Å². The largest absolute Gasteiger partial charge is 0.388 e. The molecule has 1 heterocycles. The minimum atomic E-state index is -0.0791. The highest BCUT2D eigenvalue weighted by molar-refractivity contribution is 5.27. The fourth-order valence-electron chi connectivity index (χ4n) is 2.95. The zero-order chi connectivity index (χ0) is 13.6. The lowest BCUT2D eigenvalue weighted by atomic mass is 10.0. The fraction of sp³-hybridized carbons (Fsp3) is 0.846. The van der Waals surface area contributed by atoms with Crippen LogP contribution in [0.5, 0.6) is 0 Å². The van der Waals surface area contributed by atoms with E-state index in [2.05, 4.69) is 37.9 Å². The Morgan fingerprint density at radius 2 is 1.83 bits per heavy atom. The molecule has 0 amide bonds. The predicted octanol–water partition coefficient (Wildman–Crippen LogP) is 1.57. The molecule has 1 fully saturated rings. The topological polar surface area (TPSA) is 60.2 Å². The second kappa shape index (κ2) is 4.31. The minimum Gasteiger partial charge on any atom is -0.388 e. The molecule has 5 nitrogen and oxygen atoms in total. The second-order valence-corrected chi connectivity index (χ2v) is 6.15. The third-order valence-corrected chi connectivity index (χ3v) is 4.80. The molecule has 0 aliphatic heterocycles. The summed E-state index contributed by atoms with van der Waals surface area (Å²) < 4.78 is 7.12. The maximum Gasteiger partial charge on any atom is 0.158 e. The van der Waals surface area contributed by atoms with E-state index in [4.69, 9.17) is 4.74 Å². The summed E-state index contributed by atoms with van der Waals surface area (Å²) in [7, 11) is 1.67. The number of aliphatic hydroxyl groups is 1. The monoisotopic (exact) mass is 253 g/mol. The number of hydrogen-bond donors (Lipinski definition) is 1. The van der Waals surface area contributed by atoms with E-state index in [1.807, 2.05) is 4.57 Å². The van der Waals surface area contributed by atoms with Crippen molar-refractivity contribution < 1.29 is 9.84 Å². The van der Waals surface area contributed by atoms with Gasteiger partial charge in [0.15, 0.2) is 5.82 Å². The fourth-order valence-corrected chi connectivity index (χ4v) is 2.95. The number of rotatable bonds is 5. The van der Waals surface area contributed by atoms with E-state index in [-0.39, 0.29) is 17.4 Å². The Labute approximate surface area is 108 Å². The molecule has 0 aromatic carbocycles. The van der Waals surface area contributed by atoms with Crippen LogP contribution in [-0.4, -0.2) is 33.6 Å². The molecule has 18 heavy (non-hydrogen) atoms. The van der Waals surface area contributed by atoms with Crippen molar-refractivity contribution in [3.63, 3.8) is 0 Å². The molecule has 1 aliphatic carbocycles. The first-order chi connectivity index (χ1) is 8.37. The maximum absolute atomic E-state index is 9.33. The molecule has 0 radical (unpaired) electrons. The van der Waals surface area contributed by atoms with Crippen molar-refractivity contribution in [2.24, 2.45) is 10.8 Å². The molecule has 1 saturated carbocycles. The van der Waals surface area contributed by atoms with E-state index in [0.717, 1.165) is 5.82 Å². The van der Waals surface area contributed by atoms with Crippen LogP contribution in [-0.2, 0) is 17.9 Å². The van der Waals surface area contributed by atoms with Gasteiger partial charge < -0.3 is 14.4 Å². The van der Waals surface area contributed by atoms with Crippen molar-refractivity contribution in [2.75, 3.05) is 13.7 Å². The summed E-state index contributed by atoms with van der Waals surface area (Å²) >= 11 is 0. The normalized spacial score (nSPS) is 21.2. The smallest absolute Gasteiger partial charge is 0.158 e. The number of ether oxygens (including phenoxy) is 1. The molecule has 1 aliphatic rings. The molecule has 0 bridgehead atoms. The molecular formula is C13H23N3O2. The van der Waals surface area contributed by atoms with E-state index < -0.39 is 0 Å². The quantitative estimate of drug-likeness (QED) is 0.865. The third kappa shape index (κ3) is 1.77. The van der Waals surface area contributed by atoms with E-state index in [1.54, 1.807) is 7.11 Å². The first kappa shape index (κ1) is 13.5. The Balaban J connectivity index is 2.32. The van der Waals surface area contributed by atoms with Crippen LogP contribution in [0.3, 0.4) is 0 Å². The molecule has 0 saturated heterocycles. The lowest BCUT2D eigenvalue weighted by molar-refractivity contribution is 0.181. The van der Waals surface area contributed by atoms with Gasteiger partial charge in [-0.25, -0.2) is 0 Å². The van der Waals surface area contributed by atoms with Crippen LogP contribution >= 0.6 is 0 Å². The van der Waals surface area contributed by atoms with Crippen molar-refractivity contribution >= 4 is 0 Å². The lowest BCUT2D eigenvalue weighted by Gasteiger charge is -2.09. The average Bonchev–Trinajstić information content (AvgIpc) is 2.64. The van der Waals surface area contributed by atoms with Crippen LogP contribution in [0, 0.1) is 10.8 Å². The highest BCUT2D eigenvalue weighted by Gasteiger charge is 2.67. The van der Waals surface area contributed by atoms with E-state index in [1.165, 1.54) is 0 Å². The molecule has 0 spiro atoms. The van der Waals surface area contributed by atoms with Crippen molar-refractivity contribution in [2.45, 2.75) is 46.8 Å². The van der Waals surface area contributed by atoms with Crippen molar-refractivity contribution in [3.8, 4) is 0 Å². The highest BCUT2D eigenvalue weighted by Crippen LogP contribution is 2.73. The van der Waals surface area contributed by atoms with Crippen LogP contribution in [0.4, 0.5) is 0 Å². The second-order valence-electron chi connectivity index (χ2n) is 6.15. The number of aromatic nitrogens is 3. The van der Waals surface area contributed by atoms with Crippen molar-refractivity contribution in [1.29, 1.82) is 0 Å². The number of aliphatic hydroxyl groups excluding tert-OH is 1. The highest BCUT2D eigenvalue weighted by atomic mass is 16.5. The van der Waals surface area contributed by atoms with E-state index in [0.29, 0.717) is 24.9 Å². The van der Waals surface area contributed by atoms with E-state index in [9.17, 15) is 5.11 Å². The van der Waals surface area contributed by atoms with Gasteiger partial charge in [0.2, 0.25) is 0 Å². The first-order valence-corrected chi connectivity index (χ1v) is 6.39.